The molecule has 2 rings (SSSR count). The van der Waals surface area contributed by atoms with Gasteiger partial charge in [-0.25, -0.2) is 0 Å². The van der Waals surface area contributed by atoms with Crippen LogP contribution in [-0.2, 0) is 6.42 Å². The number of rotatable bonds is 3. The fraction of sp³-hybridized carbons (Fsp3) is 0.273. The van der Waals surface area contributed by atoms with Crippen molar-refractivity contribution in [1.82, 2.24) is 10.1 Å². The number of phenolic OH excluding ortho intramolecular Hbond substituents is 1. The van der Waals surface area contributed by atoms with E-state index in [0.717, 1.165) is 0 Å². The number of hydrogen-bond acceptors (Lipinski definition) is 5. The Labute approximate surface area is 92.9 Å². The predicted octanol–water partition coefficient (Wildman–Crippen LogP) is 1.33. The molecule has 1 unspecified atom stereocenters. The van der Waals surface area contributed by atoms with E-state index < -0.39 is 0 Å². The molecular formula is C11H13N3O2. The zero-order valence-electron chi connectivity index (χ0n) is 8.92. The molecule has 0 bridgehead atoms. The monoisotopic (exact) mass is 219 g/mol. The smallest absolute Gasteiger partial charge is 0.258 e. The molecule has 5 nitrogen and oxygen atoms in total. The average Bonchev–Trinajstić information content (AvgIpc) is 2.65. The summed E-state index contributed by atoms with van der Waals surface area (Å²) < 4.78 is 5.08. The van der Waals surface area contributed by atoms with Crippen molar-refractivity contribution in [3.05, 3.63) is 30.1 Å². The van der Waals surface area contributed by atoms with Crippen LogP contribution in [0.4, 0.5) is 0 Å². The molecular weight excluding hydrogens is 206 g/mol. The van der Waals surface area contributed by atoms with E-state index in [-0.39, 0.29) is 11.8 Å². The van der Waals surface area contributed by atoms with E-state index in [0.29, 0.717) is 23.7 Å². The van der Waals surface area contributed by atoms with E-state index in [9.17, 15) is 5.11 Å². The number of benzene rings is 1. The summed E-state index contributed by atoms with van der Waals surface area (Å²) in [4.78, 5) is 4.19. The van der Waals surface area contributed by atoms with Crippen molar-refractivity contribution in [1.29, 1.82) is 0 Å². The number of phenols is 1. The summed E-state index contributed by atoms with van der Waals surface area (Å²) in [5.74, 6) is 1.14. The van der Waals surface area contributed by atoms with Crippen LogP contribution in [0.3, 0.4) is 0 Å². The molecule has 0 spiro atoms. The zero-order valence-corrected chi connectivity index (χ0v) is 8.92. The number of aromatic nitrogens is 2. The third-order valence-corrected chi connectivity index (χ3v) is 2.07. The molecule has 0 aliphatic carbocycles. The second kappa shape index (κ2) is 4.32. The summed E-state index contributed by atoms with van der Waals surface area (Å²) >= 11 is 0. The first-order valence-electron chi connectivity index (χ1n) is 5.02. The normalized spacial score (nSPS) is 12.6. The summed E-state index contributed by atoms with van der Waals surface area (Å²) in [5.41, 5.74) is 6.33. The summed E-state index contributed by atoms with van der Waals surface area (Å²) in [5, 5.41) is 13.1. The highest BCUT2D eigenvalue weighted by atomic mass is 16.5. The fourth-order valence-corrected chi connectivity index (χ4v) is 1.38. The van der Waals surface area contributed by atoms with Crippen LogP contribution in [0.25, 0.3) is 11.5 Å². The Bertz CT molecular complexity index is 480. The molecule has 0 fully saturated rings. The van der Waals surface area contributed by atoms with Gasteiger partial charge in [0.15, 0.2) is 5.82 Å². The van der Waals surface area contributed by atoms with Gasteiger partial charge in [0.2, 0.25) is 0 Å². The van der Waals surface area contributed by atoms with Crippen LogP contribution in [0.2, 0.25) is 0 Å². The Morgan fingerprint density at radius 2 is 2.31 bits per heavy atom. The molecule has 84 valence electrons. The zero-order chi connectivity index (χ0) is 11.5. The highest BCUT2D eigenvalue weighted by Gasteiger charge is 2.10. The summed E-state index contributed by atoms with van der Waals surface area (Å²) in [6.45, 7) is 1.88. The average molecular weight is 219 g/mol. The minimum atomic E-state index is -0.00498. The van der Waals surface area contributed by atoms with Gasteiger partial charge < -0.3 is 15.4 Å². The van der Waals surface area contributed by atoms with E-state index in [1.54, 1.807) is 24.3 Å². The van der Waals surface area contributed by atoms with Crippen molar-refractivity contribution >= 4 is 0 Å². The van der Waals surface area contributed by atoms with Crippen LogP contribution in [0.5, 0.6) is 5.75 Å². The van der Waals surface area contributed by atoms with Gasteiger partial charge in [-0.05, 0) is 25.1 Å². The molecule has 0 aliphatic rings. The van der Waals surface area contributed by atoms with E-state index >= 15 is 0 Å². The fourth-order valence-electron chi connectivity index (χ4n) is 1.38. The maximum absolute atomic E-state index is 9.32. The highest BCUT2D eigenvalue weighted by Crippen LogP contribution is 2.21. The Kier molecular flexibility index (Phi) is 2.87. The van der Waals surface area contributed by atoms with E-state index in [1.807, 2.05) is 6.92 Å². The van der Waals surface area contributed by atoms with Gasteiger partial charge in [-0.3, -0.25) is 0 Å². The number of aromatic hydroxyl groups is 1. The van der Waals surface area contributed by atoms with E-state index in [1.165, 1.54) is 0 Å². The molecule has 3 N–H and O–H groups in total. The maximum atomic E-state index is 9.32. The van der Waals surface area contributed by atoms with E-state index in [4.69, 9.17) is 10.3 Å². The highest BCUT2D eigenvalue weighted by molar-refractivity contribution is 5.55. The molecule has 1 heterocycles. The number of nitrogens with zero attached hydrogens (tertiary/aromatic N) is 2. The molecule has 0 saturated heterocycles. The Morgan fingerprint density at radius 1 is 1.50 bits per heavy atom. The second-order valence-corrected chi connectivity index (χ2v) is 3.75. The largest absolute Gasteiger partial charge is 0.508 e. The quantitative estimate of drug-likeness (QED) is 0.813. The van der Waals surface area contributed by atoms with Gasteiger partial charge in [-0.15, -0.1) is 0 Å². The third kappa shape index (κ3) is 2.38. The lowest BCUT2D eigenvalue weighted by atomic mass is 10.2. The van der Waals surface area contributed by atoms with Crippen LogP contribution < -0.4 is 5.73 Å². The summed E-state index contributed by atoms with van der Waals surface area (Å²) in [6, 6.07) is 6.67. The van der Waals surface area contributed by atoms with Crippen molar-refractivity contribution < 1.29 is 9.63 Å². The SMILES string of the molecule is CC(N)Cc1noc(-c2cccc(O)c2)n1. The first kappa shape index (κ1) is 10.6. The van der Waals surface area contributed by atoms with Gasteiger partial charge in [-0.2, -0.15) is 4.98 Å². The molecule has 2 aromatic rings. The lowest BCUT2D eigenvalue weighted by Crippen LogP contribution is -2.18. The van der Waals surface area contributed by atoms with Crippen molar-refractivity contribution in [2.45, 2.75) is 19.4 Å². The summed E-state index contributed by atoms with van der Waals surface area (Å²) in [7, 11) is 0. The molecule has 1 aromatic heterocycles. The van der Waals surface area contributed by atoms with Crippen molar-refractivity contribution in [3.63, 3.8) is 0 Å². The van der Waals surface area contributed by atoms with Gasteiger partial charge in [0.1, 0.15) is 5.75 Å². The van der Waals surface area contributed by atoms with Gasteiger partial charge in [0.25, 0.3) is 5.89 Å². The molecule has 1 atom stereocenters. The molecule has 1 aromatic carbocycles. The maximum Gasteiger partial charge on any atom is 0.258 e. The van der Waals surface area contributed by atoms with Crippen LogP contribution >= 0.6 is 0 Å². The van der Waals surface area contributed by atoms with Crippen LogP contribution in [0.15, 0.2) is 28.8 Å². The van der Waals surface area contributed by atoms with Gasteiger partial charge >= 0.3 is 0 Å². The van der Waals surface area contributed by atoms with Crippen LogP contribution in [-0.4, -0.2) is 21.3 Å². The minimum Gasteiger partial charge on any atom is -0.508 e. The Morgan fingerprint density at radius 3 is 3.00 bits per heavy atom. The lowest BCUT2D eigenvalue weighted by Gasteiger charge is -1.97. The standard InChI is InChI=1S/C11H13N3O2/c1-7(12)5-10-13-11(16-14-10)8-3-2-4-9(15)6-8/h2-4,6-7,15H,5,12H2,1H3. The molecule has 0 aliphatic heterocycles. The Hall–Kier alpha value is -1.88. The molecule has 5 heteroatoms. The van der Waals surface area contributed by atoms with Crippen LogP contribution in [0, 0.1) is 0 Å². The predicted molar refractivity (Wildman–Crippen MR) is 58.8 cm³/mol. The van der Waals surface area contributed by atoms with Gasteiger partial charge in [0, 0.05) is 18.0 Å². The first-order chi connectivity index (χ1) is 7.65. The minimum absolute atomic E-state index is 0.00498. The second-order valence-electron chi connectivity index (χ2n) is 3.75. The van der Waals surface area contributed by atoms with Crippen molar-refractivity contribution in [3.8, 4) is 17.2 Å². The van der Waals surface area contributed by atoms with Gasteiger partial charge in [-0.1, -0.05) is 11.2 Å². The molecule has 16 heavy (non-hydrogen) atoms. The molecule has 0 saturated carbocycles. The van der Waals surface area contributed by atoms with Gasteiger partial charge in [0.05, 0.1) is 0 Å². The third-order valence-electron chi connectivity index (χ3n) is 2.07. The molecule has 0 amide bonds. The lowest BCUT2D eigenvalue weighted by molar-refractivity contribution is 0.420. The summed E-state index contributed by atoms with van der Waals surface area (Å²) in [6.07, 6.45) is 0.572. The number of hydrogen-bond donors (Lipinski definition) is 2. The van der Waals surface area contributed by atoms with Crippen molar-refractivity contribution in [2.75, 3.05) is 0 Å². The van der Waals surface area contributed by atoms with Crippen molar-refractivity contribution in [2.24, 2.45) is 5.73 Å². The topological polar surface area (TPSA) is 85.2 Å². The Balaban J connectivity index is 2.24. The number of nitrogens with two attached hydrogens (primary N) is 1. The van der Waals surface area contributed by atoms with E-state index in [2.05, 4.69) is 10.1 Å². The van der Waals surface area contributed by atoms with Crippen LogP contribution in [0.1, 0.15) is 12.7 Å². The molecule has 0 radical (unpaired) electrons. The first-order valence-corrected chi connectivity index (χ1v) is 5.02.